The first-order valence-electron chi connectivity index (χ1n) is 12.2. The molecule has 0 spiro atoms. The van der Waals surface area contributed by atoms with Gasteiger partial charge in [-0.1, -0.05) is 20.8 Å². The lowest BCUT2D eigenvalue weighted by Crippen LogP contribution is -2.38. The molecule has 192 valence electrons. The van der Waals surface area contributed by atoms with Crippen LogP contribution in [0.3, 0.4) is 0 Å². The van der Waals surface area contributed by atoms with Crippen LogP contribution in [0, 0.1) is 12.8 Å². The summed E-state index contributed by atoms with van der Waals surface area (Å²) in [6.45, 7) is 11.4. The molecule has 0 bridgehead atoms. The summed E-state index contributed by atoms with van der Waals surface area (Å²) in [5.74, 6) is 1.76. The normalized spacial score (nSPS) is 15.8. The van der Waals surface area contributed by atoms with Crippen molar-refractivity contribution in [3.63, 3.8) is 0 Å². The number of likely N-dealkylation sites (tertiary alicyclic amines) is 1. The second-order valence-corrected chi connectivity index (χ2v) is 11.5. The van der Waals surface area contributed by atoms with Gasteiger partial charge in [-0.2, -0.15) is 0 Å². The zero-order valence-electron chi connectivity index (χ0n) is 21.8. The van der Waals surface area contributed by atoms with Crippen molar-refractivity contribution < 1.29 is 22.7 Å². The fourth-order valence-electron chi connectivity index (χ4n) is 4.58. The van der Waals surface area contributed by atoms with Gasteiger partial charge < -0.3 is 14.4 Å². The maximum absolute atomic E-state index is 13.4. The van der Waals surface area contributed by atoms with Crippen LogP contribution in [-0.4, -0.2) is 46.5 Å². The minimum absolute atomic E-state index is 0.0362. The summed E-state index contributed by atoms with van der Waals surface area (Å²) >= 11 is 0. The van der Waals surface area contributed by atoms with E-state index in [4.69, 9.17) is 9.47 Å². The number of sulfonamides is 1. The first-order valence-corrected chi connectivity index (χ1v) is 13.6. The molecule has 1 amide bonds. The number of rotatable bonds is 8. The Labute approximate surface area is 209 Å². The maximum Gasteiger partial charge on any atom is 0.257 e. The topological polar surface area (TPSA) is 84.9 Å². The van der Waals surface area contributed by atoms with E-state index < -0.39 is 16.1 Å². The molecular formula is C27H38N2O5S. The molecule has 0 aliphatic carbocycles. The SMILES string of the molecule is COc1ccc(S(=O)(=O)NC(C)c2cc(C(C)C)c(OC)cc2C)cc1C(=O)N1CCC(C)CC1. The standard InChI is InChI=1S/C27H38N2O5S/c1-17(2)22-16-23(19(4)14-26(22)34-7)20(5)28-35(31,32)21-8-9-25(33-6)24(15-21)27(30)29-12-10-18(3)11-13-29/h8-9,14-18,20,28H,10-13H2,1-7H3. The number of nitrogens with one attached hydrogen (secondary N) is 1. The summed E-state index contributed by atoms with van der Waals surface area (Å²) < 4.78 is 40.4. The van der Waals surface area contributed by atoms with E-state index in [9.17, 15) is 13.2 Å². The Hall–Kier alpha value is -2.58. The van der Waals surface area contributed by atoms with Crippen molar-refractivity contribution in [2.45, 2.75) is 64.3 Å². The Morgan fingerprint density at radius 1 is 1.00 bits per heavy atom. The number of methoxy groups -OCH3 is 2. The Balaban J connectivity index is 1.90. The lowest BCUT2D eigenvalue weighted by molar-refractivity contribution is 0.0693. The number of nitrogens with zero attached hydrogens (tertiary/aromatic N) is 1. The van der Waals surface area contributed by atoms with Gasteiger partial charge in [0.05, 0.1) is 24.7 Å². The minimum atomic E-state index is -3.90. The van der Waals surface area contributed by atoms with E-state index in [1.54, 1.807) is 18.1 Å². The van der Waals surface area contributed by atoms with E-state index >= 15 is 0 Å². The van der Waals surface area contributed by atoms with Gasteiger partial charge in [0.15, 0.2) is 0 Å². The minimum Gasteiger partial charge on any atom is -0.496 e. The number of amides is 1. The number of ether oxygens (including phenoxy) is 2. The number of hydrogen-bond donors (Lipinski definition) is 1. The fourth-order valence-corrected chi connectivity index (χ4v) is 5.83. The Bertz CT molecular complexity index is 1170. The van der Waals surface area contributed by atoms with Crippen molar-refractivity contribution in [1.82, 2.24) is 9.62 Å². The van der Waals surface area contributed by atoms with E-state index in [-0.39, 0.29) is 22.3 Å². The second kappa shape index (κ2) is 11.0. The lowest BCUT2D eigenvalue weighted by atomic mass is 9.94. The molecule has 1 fully saturated rings. The van der Waals surface area contributed by atoms with Crippen LogP contribution in [0.4, 0.5) is 0 Å². The summed E-state index contributed by atoms with van der Waals surface area (Å²) in [5.41, 5.74) is 3.10. The highest BCUT2D eigenvalue weighted by molar-refractivity contribution is 7.89. The van der Waals surface area contributed by atoms with E-state index in [1.807, 2.05) is 26.0 Å². The third kappa shape index (κ3) is 5.98. The first-order chi connectivity index (χ1) is 16.5. The van der Waals surface area contributed by atoms with Gasteiger partial charge in [-0.3, -0.25) is 4.79 Å². The van der Waals surface area contributed by atoms with Crippen LogP contribution in [0.15, 0.2) is 35.2 Å². The molecule has 0 radical (unpaired) electrons. The summed E-state index contributed by atoms with van der Waals surface area (Å²) in [7, 11) is -0.779. The highest BCUT2D eigenvalue weighted by atomic mass is 32.2. The van der Waals surface area contributed by atoms with Crippen LogP contribution in [0.2, 0.25) is 0 Å². The molecule has 8 heteroatoms. The molecule has 1 aliphatic rings. The van der Waals surface area contributed by atoms with Gasteiger partial charge in [0.25, 0.3) is 5.91 Å². The van der Waals surface area contributed by atoms with Gasteiger partial charge >= 0.3 is 0 Å². The highest BCUT2D eigenvalue weighted by Crippen LogP contribution is 2.33. The molecule has 2 aromatic carbocycles. The van der Waals surface area contributed by atoms with Crippen LogP contribution < -0.4 is 14.2 Å². The van der Waals surface area contributed by atoms with Gasteiger partial charge in [0.1, 0.15) is 11.5 Å². The summed E-state index contributed by atoms with van der Waals surface area (Å²) in [6, 6.07) is 7.92. The van der Waals surface area contributed by atoms with Crippen LogP contribution in [0.25, 0.3) is 0 Å². The van der Waals surface area contributed by atoms with Crippen LogP contribution in [-0.2, 0) is 10.0 Å². The smallest absolute Gasteiger partial charge is 0.257 e. The Morgan fingerprint density at radius 2 is 1.63 bits per heavy atom. The molecule has 7 nitrogen and oxygen atoms in total. The molecule has 1 heterocycles. The van der Waals surface area contributed by atoms with Gasteiger partial charge in [-0.15, -0.1) is 0 Å². The highest BCUT2D eigenvalue weighted by Gasteiger charge is 2.27. The number of hydrogen-bond acceptors (Lipinski definition) is 5. The monoisotopic (exact) mass is 502 g/mol. The van der Waals surface area contributed by atoms with Crippen molar-refractivity contribution in [2.24, 2.45) is 5.92 Å². The quantitative estimate of drug-likeness (QED) is 0.546. The van der Waals surface area contributed by atoms with Crippen LogP contribution >= 0.6 is 0 Å². The first kappa shape index (κ1) is 27.0. The Kier molecular flexibility index (Phi) is 8.49. The number of benzene rings is 2. The average Bonchev–Trinajstić information content (AvgIpc) is 2.82. The van der Waals surface area contributed by atoms with Crippen molar-refractivity contribution in [3.8, 4) is 11.5 Å². The zero-order valence-corrected chi connectivity index (χ0v) is 22.7. The number of carbonyl (C=O) groups is 1. The number of aryl methyl sites for hydroxylation is 1. The van der Waals surface area contributed by atoms with E-state index in [0.717, 1.165) is 35.3 Å². The molecule has 35 heavy (non-hydrogen) atoms. The van der Waals surface area contributed by atoms with Crippen molar-refractivity contribution in [1.29, 1.82) is 0 Å². The van der Waals surface area contributed by atoms with E-state index in [2.05, 4.69) is 25.5 Å². The third-order valence-corrected chi connectivity index (χ3v) is 8.36. The molecule has 1 N–H and O–H groups in total. The summed E-state index contributed by atoms with van der Waals surface area (Å²) in [5, 5.41) is 0. The van der Waals surface area contributed by atoms with E-state index in [1.165, 1.54) is 19.2 Å². The van der Waals surface area contributed by atoms with Gasteiger partial charge in [0.2, 0.25) is 10.0 Å². The second-order valence-electron chi connectivity index (χ2n) is 9.79. The Morgan fingerprint density at radius 3 is 2.20 bits per heavy atom. The van der Waals surface area contributed by atoms with Crippen molar-refractivity contribution >= 4 is 15.9 Å². The molecule has 2 aromatic rings. The molecule has 1 aliphatic heterocycles. The molecule has 1 unspecified atom stereocenters. The molecule has 0 saturated carbocycles. The van der Waals surface area contributed by atoms with Crippen molar-refractivity contribution in [3.05, 3.63) is 52.6 Å². The molecule has 1 saturated heterocycles. The largest absolute Gasteiger partial charge is 0.496 e. The van der Waals surface area contributed by atoms with Crippen LogP contribution in [0.5, 0.6) is 11.5 Å². The molecule has 3 rings (SSSR count). The number of carbonyl (C=O) groups excluding carboxylic acids is 1. The fraction of sp³-hybridized carbons (Fsp3) is 0.519. The third-order valence-electron chi connectivity index (χ3n) is 6.82. The number of piperidine rings is 1. The van der Waals surface area contributed by atoms with Gasteiger partial charge in [-0.05, 0) is 85.5 Å². The molecule has 0 aromatic heterocycles. The van der Waals surface area contributed by atoms with Crippen molar-refractivity contribution in [2.75, 3.05) is 27.3 Å². The summed E-state index contributed by atoms with van der Waals surface area (Å²) in [4.78, 5) is 15.0. The lowest BCUT2D eigenvalue weighted by Gasteiger charge is -2.30. The molecular weight excluding hydrogens is 464 g/mol. The van der Waals surface area contributed by atoms with Crippen LogP contribution in [0.1, 0.15) is 79.5 Å². The zero-order chi connectivity index (χ0) is 25.9. The van der Waals surface area contributed by atoms with E-state index in [0.29, 0.717) is 24.8 Å². The average molecular weight is 503 g/mol. The predicted octanol–water partition coefficient (Wildman–Crippen LogP) is 5.05. The van der Waals surface area contributed by atoms with Gasteiger partial charge in [0, 0.05) is 19.1 Å². The molecule has 1 atom stereocenters. The van der Waals surface area contributed by atoms with Gasteiger partial charge in [-0.25, -0.2) is 13.1 Å². The maximum atomic E-state index is 13.4. The summed E-state index contributed by atoms with van der Waals surface area (Å²) in [6.07, 6.45) is 1.87. The predicted molar refractivity (Wildman–Crippen MR) is 138 cm³/mol.